The molecule has 0 atom stereocenters. The van der Waals surface area contributed by atoms with Crippen molar-refractivity contribution in [3.05, 3.63) is 62.0 Å². The number of thiocarbonyl (C=S) groups is 1. The fraction of sp³-hybridized carbons (Fsp3) is 0.269. The van der Waals surface area contributed by atoms with Crippen LogP contribution in [0.25, 0.3) is 12.2 Å². The molecule has 0 saturated carbocycles. The maximum atomic E-state index is 12.9. The Bertz CT molecular complexity index is 1340. The van der Waals surface area contributed by atoms with Crippen LogP contribution in [0.2, 0.25) is 0 Å². The zero-order chi connectivity index (χ0) is 26.6. The van der Waals surface area contributed by atoms with Gasteiger partial charge >= 0.3 is 0 Å². The number of carbonyl (C=O) groups excluding carboxylic acids is 3. The fourth-order valence-corrected chi connectivity index (χ4v) is 7.09. The lowest BCUT2D eigenvalue weighted by atomic mass is 10.2. The summed E-state index contributed by atoms with van der Waals surface area (Å²) in [7, 11) is 1.61. The summed E-state index contributed by atoms with van der Waals surface area (Å²) in [6.45, 7) is 2.50. The summed E-state index contributed by atoms with van der Waals surface area (Å²) in [5.74, 6) is 0.339. The highest BCUT2D eigenvalue weighted by Gasteiger charge is 2.33. The Balaban J connectivity index is 1.10. The third kappa shape index (κ3) is 6.04. The Labute approximate surface area is 238 Å². The van der Waals surface area contributed by atoms with Crippen LogP contribution < -0.4 is 4.74 Å². The van der Waals surface area contributed by atoms with E-state index < -0.39 is 0 Å². The van der Waals surface area contributed by atoms with E-state index in [0.29, 0.717) is 45.5 Å². The molecule has 2 fully saturated rings. The zero-order valence-corrected chi connectivity index (χ0v) is 23.8. The largest absolute Gasteiger partial charge is 0.497 e. The monoisotopic (exact) mass is 584 g/mol. The molecule has 3 amide bonds. The summed E-state index contributed by atoms with van der Waals surface area (Å²) in [4.78, 5) is 49.9. The van der Waals surface area contributed by atoms with Crippen molar-refractivity contribution < 1.29 is 19.1 Å². The quantitative estimate of drug-likeness (QED) is 0.370. The van der Waals surface area contributed by atoms with Crippen LogP contribution in [0.15, 0.2) is 56.6 Å². The molecule has 0 unspecified atom stereocenters. The number of methoxy groups -OCH3 is 1. The number of hydrogen-bond acceptors (Lipinski definition) is 9. The standard InChI is InChI=1S/C26H24N4O4S4/c1-34-18-6-4-17(5-7-18)15-20-23(32)27-25(37-20)29-12-10-28(11-13-29)22(31)8-9-30-24(33)21(38-26(30)35)16-19-3-2-14-36-19/h2-7,14-16H,8-13H2,1H3/b20-15-,21-16+. The van der Waals surface area contributed by atoms with Gasteiger partial charge in [0.1, 0.15) is 10.1 Å². The highest BCUT2D eigenvalue weighted by molar-refractivity contribution is 8.26. The molecule has 3 aliphatic heterocycles. The van der Waals surface area contributed by atoms with Crippen LogP contribution in [-0.2, 0) is 14.4 Å². The Morgan fingerprint density at radius 2 is 1.82 bits per heavy atom. The Morgan fingerprint density at radius 1 is 1.05 bits per heavy atom. The highest BCUT2D eigenvalue weighted by atomic mass is 32.2. The van der Waals surface area contributed by atoms with Gasteiger partial charge in [0.25, 0.3) is 11.8 Å². The molecular weight excluding hydrogens is 561 g/mol. The second-order valence-electron chi connectivity index (χ2n) is 8.55. The molecule has 12 heteroatoms. The third-order valence-electron chi connectivity index (χ3n) is 6.17. The first-order valence-corrected chi connectivity index (χ1v) is 14.8. The van der Waals surface area contributed by atoms with E-state index in [0.717, 1.165) is 16.2 Å². The molecule has 2 saturated heterocycles. The van der Waals surface area contributed by atoms with Gasteiger partial charge in [-0.3, -0.25) is 19.3 Å². The third-order valence-corrected chi connectivity index (χ3v) is 9.41. The molecule has 3 aliphatic rings. The highest BCUT2D eigenvalue weighted by Crippen LogP contribution is 2.34. The summed E-state index contributed by atoms with van der Waals surface area (Å²) in [5.41, 5.74) is 0.900. The smallest absolute Gasteiger partial charge is 0.286 e. The Hall–Kier alpha value is -2.93. The minimum Gasteiger partial charge on any atom is -0.497 e. The number of amidine groups is 1. The number of rotatable bonds is 6. The minimum atomic E-state index is -0.254. The number of nitrogens with zero attached hydrogens (tertiary/aromatic N) is 4. The molecule has 2 aromatic rings. The van der Waals surface area contributed by atoms with Gasteiger partial charge in [-0.25, -0.2) is 0 Å². The van der Waals surface area contributed by atoms with Gasteiger partial charge in [0.2, 0.25) is 5.91 Å². The van der Waals surface area contributed by atoms with E-state index in [1.807, 2.05) is 58.8 Å². The topological polar surface area (TPSA) is 82.5 Å². The molecule has 0 bridgehead atoms. The fourth-order valence-electron chi connectivity index (χ4n) is 4.09. The van der Waals surface area contributed by atoms with E-state index in [9.17, 15) is 14.4 Å². The molecule has 1 aromatic heterocycles. The van der Waals surface area contributed by atoms with Crippen LogP contribution in [0.3, 0.4) is 0 Å². The second kappa shape index (κ2) is 11.9. The van der Waals surface area contributed by atoms with Crippen molar-refractivity contribution in [2.45, 2.75) is 6.42 Å². The van der Waals surface area contributed by atoms with E-state index in [4.69, 9.17) is 17.0 Å². The lowest BCUT2D eigenvalue weighted by molar-refractivity contribution is -0.133. The molecule has 0 spiro atoms. The first kappa shape index (κ1) is 26.7. The lowest BCUT2D eigenvalue weighted by Gasteiger charge is -2.35. The van der Waals surface area contributed by atoms with E-state index in [-0.39, 0.29) is 30.7 Å². The van der Waals surface area contributed by atoms with Crippen molar-refractivity contribution >= 4 is 86.4 Å². The number of amides is 3. The number of hydrogen-bond donors (Lipinski definition) is 0. The molecule has 0 radical (unpaired) electrons. The Kier molecular flexibility index (Phi) is 8.32. The van der Waals surface area contributed by atoms with Gasteiger partial charge < -0.3 is 14.5 Å². The predicted molar refractivity (Wildman–Crippen MR) is 158 cm³/mol. The number of benzene rings is 1. The predicted octanol–water partition coefficient (Wildman–Crippen LogP) is 4.16. The van der Waals surface area contributed by atoms with Gasteiger partial charge in [-0.15, -0.1) is 11.3 Å². The van der Waals surface area contributed by atoms with E-state index in [1.54, 1.807) is 23.3 Å². The van der Waals surface area contributed by atoms with Crippen molar-refractivity contribution in [2.75, 3.05) is 39.8 Å². The van der Waals surface area contributed by atoms with Gasteiger partial charge in [0.05, 0.1) is 16.9 Å². The summed E-state index contributed by atoms with van der Waals surface area (Å²) in [6.07, 6.45) is 3.88. The maximum Gasteiger partial charge on any atom is 0.286 e. The lowest BCUT2D eigenvalue weighted by Crippen LogP contribution is -2.50. The van der Waals surface area contributed by atoms with Gasteiger partial charge in [0.15, 0.2) is 5.17 Å². The van der Waals surface area contributed by atoms with Crippen LogP contribution in [0.5, 0.6) is 5.75 Å². The summed E-state index contributed by atoms with van der Waals surface area (Å²) >= 11 is 9.58. The number of aliphatic imine (C=N–C) groups is 1. The van der Waals surface area contributed by atoms with Gasteiger partial charge in [-0.1, -0.05) is 42.2 Å². The van der Waals surface area contributed by atoms with Crippen LogP contribution in [-0.4, -0.2) is 81.7 Å². The molecule has 0 aliphatic carbocycles. The molecule has 8 nitrogen and oxygen atoms in total. The molecule has 4 heterocycles. The number of piperazine rings is 1. The van der Waals surface area contributed by atoms with Crippen molar-refractivity contribution in [2.24, 2.45) is 4.99 Å². The van der Waals surface area contributed by atoms with E-state index in [1.165, 1.54) is 28.4 Å². The van der Waals surface area contributed by atoms with Crippen molar-refractivity contribution in [3.8, 4) is 5.75 Å². The maximum absolute atomic E-state index is 12.9. The summed E-state index contributed by atoms with van der Waals surface area (Å²) in [5, 5.41) is 2.62. The molecule has 196 valence electrons. The normalized spacial score (nSPS) is 20.2. The average Bonchev–Trinajstić information content (AvgIpc) is 3.64. The molecule has 0 N–H and O–H groups in total. The van der Waals surface area contributed by atoms with Crippen LogP contribution in [0.1, 0.15) is 16.9 Å². The molecule has 5 rings (SSSR count). The molecule has 38 heavy (non-hydrogen) atoms. The van der Waals surface area contributed by atoms with Crippen LogP contribution in [0, 0.1) is 0 Å². The SMILES string of the molecule is COc1ccc(/C=C2\SC(N3CCN(C(=O)CCN4C(=O)/C(=C\c5cccs5)SC4=S)CC3)=NC2=O)cc1. The van der Waals surface area contributed by atoms with E-state index >= 15 is 0 Å². The number of ether oxygens (including phenoxy) is 1. The first-order chi connectivity index (χ1) is 18.4. The van der Waals surface area contributed by atoms with Gasteiger partial charge in [0, 0.05) is 44.0 Å². The summed E-state index contributed by atoms with van der Waals surface area (Å²) < 4.78 is 5.66. The molecular formula is C26H24N4O4S4. The number of carbonyl (C=O) groups is 3. The van der Waals surface area contributed by atoms with Crippen LogP contribution >= 0.6 is 47.1 Å². The Morgan fingerprint density at radius 3 is 2.50 bits per heavy atom. The minimum absolute atomic E-state index is 0.0156. The zero-order valence-electron chi connectivity index (χ0n) is 20.5. The van der Waals surface area contributed by atoms with E-state index in [2.05, 4.69) is 4.99 Å². The summed E-state index contributed by atoms with van der Waals surface area (Å²) in [6, 6.07) is 11.4. The van der Waals surface area contributed by atoms with Crippen molar-refractivity contribution in [1.82, 2.24) is 14.7 Å². The van der Waals surface area contributed by atoms with Gasteiger partial charge in [-0.2, -0.15) is 4.99 Å². The van der Waals surface area contributed by atoms with Gasteiger partial charge in [-0.05, 0) is 53.1 Å². The molecule has 1 aromatic carbocycles. The van der Waals surface area contributed by atoms with Crippen molar-refractivity contribution in [1.29, 1.82) is 0 Å². The second-order valence-corrected chi connectivity index (χ2v) is 12.2. The first-order valence-electron chi connectivity index (χ1n) is 11.9. The number of thiophene rings is 1. The van der Waals surface area contributed by atoms with Crippen molar-refractivity contribution in [3.63, 3.8) is 0 Å². The number of thioether (sulfide) groups is 2. The van der Waals surface area contributed by atoms with Crippen LogP contribution in [0.4, 0.5) is 0 Å². The average molecular weight is 585 g/mol.